The van der Waals surface area contributed by atoms with Gasteiger partial charge in [0.25, 0.3) is 0 Å². The van der Waals surface area contributed by atoms with Crippen molar-refractivity contribution >= 4 is 37.9 Å². The number of hydrogen-bond donors (Lipinski definition) is 1. The minimum absolute atomic E-state index is 0.117. The predicted molar refractivity (Wildman–Crippen MR) is 107 cm³/mol. The van der Waals surface area contributed by atoms with Crippen LogP contribution in [0.2, 0.25) is 0 Å². The summed E-state index contributed by atoms with van der Waals surface area (Å²) in [5.74, 6) is 0.117. The van der Waals surface area contributed by atoms with Crippen LogP contribution in [0, 0.1) is 6.92 Å². The van der Waals surface area contributed by atoms with E-state index in [9.17, 15) is 13.5 Å². The summed E-state index contributed by atoms with van der Waals surface area (Å²) in [6.45, 7) is 3.02. The Kier molecular flexibility index (Phi) is 5.79. The van der Waals surface area contributed by atoms with Gasteiger partial charge in [-0.2, -0.15) is 4.31 Å². The van der Waals surface area contributed by atoms with E-state index in [1.54, 1.807) is 46.9 Å². The first-order valence-corrected chi connectivity index (χ1v) is 10.7. The van der Waals surface area contributed by atoms with Gasteiger partial charge in [0.2, 0.25) is 10.0 Å². The molecule has 1 aliphatic rings. The average Bonchev–Trinajstić information content (AvgIpc) is 2.64. The fourth-order valence-electron chi connectivity index (χ4n) is 2.91. The summed E-state index contributed by atoms with van der Waals surface area (Å²) in [6, 6.07) is 10.1. The molecule has 0 amide bonds. The number of phenols is 1. The molecule has 0 atom stereocenters. The van der Waals surface area contributed by atoms with Gasteiger partial charge in [-0.15, -0.1) is 0 Å². The molecule has 0 aliphatic carbocycles. The molecule has 0 bridgehead atoms. The molecule has 0 aromatic heterocycles. The van der Waals surface area contributed by atoms with Crippen LogP contribution in [0.3, 0.4) is 0 Å². The van der Waals surface area contributed by atoms with Gasteiger partial charge < -0.3 is 5.11 Å². The van der Waals surface area contributed by atoms with Crippen molar-refractivity contribution < 1.29 is 13.5 Å². The lowest BCUT2D eigenvalue weighted by Gasteiger charge is -2.26. The molecular weight excluding hydrogens is 416 g/mol. The highest BCUT2D eigenvalue weighted by Gasteiger charge is 2.26. The SMILES string of the molecule is Cc1ccc(S(=O)(=O)N2CCCCC2)cc1N=Cc1cc(Br)ccc1O. The Morgan fingerprint density at radius 3 is 2.58 bits per heavy atom. The number of phenolic OH excluding ortho intramolecular Hbond substituents is 1. The minimum Gasteiger partial charge on any atom is -0.507 e. The zero-order valence-electron chi connectivity index (χ0n) is 14.5. The minimum atomic E-state index is -3.50. The van der Waals surface area contributed by atoms with Crippen LogP contribution in [0.15, 0.2) is 50.8 Å². The average molecular weight is 437 g/mol. The van der Waals surface area contributed by atoms with Crippen LogP contribution in [0.1, 0.15) is 30.4 Å². The lowest BCUT2D eigenvalue weighted by atomic mass is 10.2. The van der Waals surface area contributed by atoms with Gasteiger partial charge >= 0.3 is 0 Å². The number of piperidine rings is 1. The summed E-state index contributed by atoms with van der Waals surface area (Å²) in [5.41, 5.74) is 2.00. The number of aryl methyl sites for hydroxylation is 1. The van der Waals surface area contributed by atoms with E-state index >= 15 is 0 Å². The molecule has 26 heavy (non-hydrogen) atoms. The molecule has 0 radical (unpaired) electrons. The maximum Gasteiger partial charge on any atom is 0.243 e. The third kappa shape index (κ3) is 4.16. The van der Waals surface area contributed by atoms with Gasteiger partial charge in [-0.3, -0.25) is 4.99 Å². The second kappa shape index (κ2) is 7.90. The summed E-state index contributed by atoms with van der Waals surface area (Å²) < 4.78 is 28.1. The van der Waals surface area contributed by atoms with Gasteiger partial charge in [0.15, 0.2) is 0 Å². The Bertz CT molecular complexity index is 936. The molecule has 0 unspecified atom stereocenters. The van der Waals surface area contributed by atoms with Crippen molar-refractivity contribution in [1.29, 1.82) is 0 Å². The van der Waals surface area contributed by atoms with Crippen molar-refractivity contribution in [1.82, 2.24) is 4.31 Å². The monoisotopic (exact) mass is 436 g/mol. The largest absolute Gasteiger partial charge is 0.507 e. The zero-order chi connectivity index (χ0) is 18.7. The molecule has 0 spiro atoms. The molecule has 1 heterocycles. The van der Waals surface area contributed by atoms with Crippen molar-refractivity contribution in [2.24, 2.45) is 4.99 Å². The van der Waals surface area contributed by atoms with E-state index in [4.69, 9.17) is 0 Å². The number of halogens is 1. The Morgan fingerprint density at radius 2 is 1.85 bits per heavy atom. The maximum atomic E-state index is 12.9. The van der Waals surface area contributed by atoms with Gasteiger partial charge in [-0.1, -0.05) is 28.4 Å². The molecule has 7 heteroatoms. The number of rotatable bonds is 4. The predicted octanol–water partition coefficient (Wildman–Crippen LogP) is 4.39. The van der Waals surface area contributed by atoms with Crippen LogP contribution >= 0.6 is 15.9 Å². The first-order valence-electron chi connectivity index (χ1n) is 8.51. The Morgan fingerprint density at radius 1 is 1.12 bits per heavy atom. The quantitative estimate of drug-likeness (QED) is 0.722. The van der Waals surface area contributed by atoms with Crippen LogP contribution in [0.5, 0.6) is 5.75 Å². The Balaban J connectivity index is 1.92. The van der Waals surface area contributed by atoms with E-state index in [1.807, 2.05) is 6.92 Å². The van der Waals surface area contributed by atoms with E-state index in [-0.39, 0.29) is 10.6 Å². The van der Waals surface area contributed by atoms with Crippen molar-refractivity contribution in [2.45, 2.75) is 31.1 Å². The smallest absolute Gasteiger partial charge is 0.243 e. The second-order valence-electron chi connectivity index (χ2n) is 6.37. The summed E-state index contributed by atoms with van der Waals surface area (Å²) in [7, 11) is -3.50. The molecule has 1 aliphatic heterocycles. The molecule has 2 aromatic carbocycles. The fourth-order valence-corrected chi connectivity index (χ4v) is 4.83. The standard InChI is InChI=1S/C19H21BrN2O3S/c1-14-5-7-17(26(24,25)22-9-3-2-4-10-22)12-18(14)21-13-15-11-16(20)6-8-19(15)23/h5-8,11-13,23H,2-4,9-10H2,1H3. The number of nitrogens with zero attached hydrogens (tertiary/aromatic N) is 2. The van der Waals surface area contributed by atoms with Crippen LogP contribution < -0.4 is 0 Å². The van der Waals surface area contributed by atoms with Gasteiger partial charge in [-0.05, 0) is 55.7 Å². The number of sulfonamides is 1. The summed E-state index contributed by atoms with van der Waals surface area (Å²) in [6.07, 6.45) is 4.42. The van der Waals surface area contributed by atoms with E-state index in [0.717, 1.165) is 29.3 Å². The van der Waals surface area contributed by atoms with Crippen LogP contribution in [-0.4, -0.2) is 37.1 Å². The fraction of sp³-hybridized carbons (Fsp3) is 0.316. The van der Waals surface area contributed by atoms with Crippen molar-refractivity contribution in [3.63, 3.8) is 0 Å². The van der Waals surface area contributed by atoms with E-state index in [0.29, 0.717) is 24.3 Å². The van der Waals surface area contributed by atoms with E-state index in [2.05, 4.69) is 20.9 Å². The molecule has 2 aromatic rings. The molecule has 0 saturated carbocycles. The lowest BCUT2D eigenvalue weighted by molar-refractivity contribution is 0.346. The van der Waals surface area contributed by atoms with E-state index in [1.165, 1.54) is 0 Å². The highest BCUT2D eigenvalue weighted by atomic mass is 79.9. The molecule has 1 N–H and O–H groups in total. The summed E-state index contributed by atoms with van der Waals surface area (Å²) in [5, 5.41) is 9.92. The Hall–Kier alpha value is -1.70. The first kappa shape index (κ1) is 19.1. The van der Waals surface area contributed by atoms with Crippen molar-refractivity contribution in [3.05, 3.63) is 52.0 Å². The van der Waals surface area contributed by atoms with Crippen molar-refractivity contribution in [3.8, 4) is 5.75 Å². The summed E-state index contributed by atoms with van der Waals surface area (Å²) >= 11 is 3.36. The molecule has 1 fully saturated rings. The first-order chi connectivity index (χ1) is 12.4. The number of aliphatic imine (C=N–C) groups is 1. The van der Waals surface area contributed by atoms with Crippen LogP contribution in [0.25, 0.3) is 0 Å². The highest BCUT2D eigenvalue weighted by Crippen LogP contribution is 2.27. The zero-order valence-corrected chi connectivity index (χ0v) is 16.9. The van der Waals surface area contributed by atoms with Gasteiger partial charge in [0, 0.05) is 29.3 Å². The number of hydrogen-bond acceptors (Lipinski definition) is 4. The third-order valence-corrected chi connectivity index (χ3v) is 6.85. The van der Waals surface area contributed by atoms with Gasteiger partial charge in [0.1, 0.15) is 5.75 Å². The van der Waals surface area contributed by atoms with Crippen LogP contribution in [-0.2, 0) is 10.0 Å². The van der Waals surface area contributed by atoms with Crippen LogP contribution in [0.4, 0.5) is 5.69 Å². The highest BCUT2D eigenvalue weighted by molar-refractivity contribution is 9.10. The topological polar surface area (TPSA) is 70.0 Å². The maximum absolute atomic E-state index is 12.9. The van der Waals surface area contributed by atoms with E-state index < -0.39 is 10.0 Å². The normalized spacial score (nSPS) is 16.2. The molecule has 1 saturated heterocycles. The Labute approximate surface area is 162 Å². The van der Waals surface area contributed by atoms with Gasteiger partial charge in [0.05, 0.1) is 10.6 Å². The molecule has 5 nitrogen and oxygen atoms in total. The number of benzene rings is 2. The summed E-state index contributed by atoms with van der Waals surface area (Å²) in [4.78, 5) is 4.67. The molecule has 138 valence electrons. The second-order valence-corrected chi connectivity index (χ2v) is 9.23. The molecular formula is C19H21BrN2O3S. The third-order valence-electron chi connectivity index (χ3n) is 4.47. The number of aromatic hydroxyl groups is 1. The van der Waals surface area contributed by atoms with Crippen molar-refractivity contribution in [2.75, 3.05) is 13.1 Å². The lowest BCUT2D eigenvalue weighted by Crippen LogP contribution is -2.35. The van der Waals surface area contributed by atoms with Gasteiger partial charge in [-0.25, -0.2) is 8.42 Å². The molecule has 3 rings (SSSR count).